The Morgan fingerprint density at radius 1 is 0.479 bits per heavy atom. The monoisotopic (exact) mass is 1040 g/mol. The molecule has 14 nitrogen and oxygen atoms in total. The van der Waals surface area contributed by atoms with E-state index in [1.807, 2.05) is 0 Å². The van der Waals surface area contributed by atoms with E-state index in [9.17, 15) is 45.6 Å². The Balaban J connectivity index is 1.74. The number of nitrogens with one attached hydrogen (secondary N) is 1. The van der Waals surface area contributed by atoms with E-state index in [0.717, 1.165) is 64.2 Å². The summed E-state index contributed by atoms with van der Waals surface area (Å²) in [7, 11) is 0. The van der Waals surface area contributed by atoms with Gasteiger partial charge in [0.15, 0.2) is 12.6 Å². The molecule has 2 rings (SSSR count). The Hall–Kier alpha value is -1.27. The molecule has 0 aromatic heterocycles. The summed E-state index contributed by atoms with van der Waals surface area (Å²) in [5.74, 6) is -0.211. The van der Waals surface area contributed by atoms with Gasteiger partial charge in [0.25, 0.3) is 0 Å². The zero-order valence-corrected chi connectivity index (χ0v) is 46.4. The third-order valence-corrected chi connectivity index (χ3v) is 15.2. The summed E-state index contributed by atoms with van der Waals surface area (Å²) in [6.45, 7) is 2.88. The number of carbonyl (C=O) groups is 1. The third-order valence-electron chi connectivity index (χ3n) is 15.2. The molecule has 2 heterocycles. The fourth-order valence-corrected chi connectivity index (χ4v) is 10.3. The predicted octanol–water partition coefficient (Wildman–Crippen LogP) is 10.3. The normalized spacial score (nSPS) is 25.4. The zero-order chi connectivity index (χ0) is 53.2. The van der Waals surface area contributed by atoms with Crippen molar-refractivity contribution in [1.82, 2.24) is 5.32 Å². The van der Waals surface area contributed by atoms with Gasteiger partial charge in [-0.3, -0.25) is 4.79 Å². The molecule has 1 amide bonds. The first-order chi connectivity index (χ1) is 35.6. The van der Waals surface area contributed by atoms with Crippen LogP contribution in [0.4, 0.5) is 0 Å². The number of hydrogen-bond donors (Lipinski definition) is 9. The number of rotatable bonds is 49. The van der Waals surface area contributed by atoms with Crippen molar-refractivity contribution in [2.45, 2.75) is 338 Å². The lowest BCUT2D eigenvalue weighted by molar-refractivity contribution is -0.359. The molecule has 0 radical (unpaired) electrons. The maximum Gasteiger partial charge on any atom is 0.220 e. The summed E-state index contributed by atoms with van der Waals surface area (Å²) in [6, 6.07) is -0.830. The highest BCUT2D eigenvalue weighted by molar-refractivity contribution is 5.76. The summed E-state index contributed by atoms with van der Waals surface area (Å²) < 4.78 is 22.8. The second-order valence-electron chi connectivity index (χ2n) is 21.8. The molecule has 0 bridgehead atoms. The van der Waals surface area contributed by atoms with Gasteiger partial charge in [0.1, 0.15) is 48.8 Å². The first-order valence-electron chi connectivity index (χ1n) is 30.4. The van der Waals surface area contributed by atoms with Crippen LogP contribution in [-0.4, -0.2) is 140 Å². The van der Waals surface area contributed by atoms with E-state index in [0.29, 0.717) is 19.3 Å². The minimum absolute atomic E-state index is 0.211. The van der Waals surface area contributed by atoms with Crippen LogP contribution in [0.25, 0.3) is 0 Å². The van der Waals surface area contributed by atoms with Crippen molar-refractivity contribution in [2.24, 2.45) is 0 Å². The molecule has 2 aliphatic heterocycles. The van der Waals surface area contributed by atoms with Crippen molar-refractivity contribution in [3.8, 4) is 0 Å². The predicted molar refractivity (Wildman–Crippen MR) is 291 cm³/mol. The molecule has 73 heavy (non-hydrogen) atoms. The lowest BCUT2D eigenvalue weighted by atomic mass is 9.97. The van der Waals surface area contributed by atoms with E-state index >= 15 is 0 Å². The molecule has 0 spiro atoms. The Kier molecular flexibility index (Phi) is 42.5. The lowest BCUT2D eigenvalue weighted by Gasteiger charge is -2.46. The smallest absolute Gasteiger partial charge is 0.220 e. The molecule has 432 valence electrons. The molecule has 2 fully saturated rings. The Morgan fingerprint density at radius 2 is 0.863 bits per heavy atom. The summed E-state index contributed by atoms with van der Waals surface area (Å²) in [5.41, 5.74) is 0. The van der Waals surface area contributed by atoms with Crippen molar-refractivity contribution in [3.63, 3.8) is 0 Å². The van der Waals surface area contributed by atoms with Gasteiger partial charge in [-0.1, -0.05) is 231 Å². The van der Waals surface area contributed by atoms with Gasteiger partial charge in [0, 0.05) is 6.42 Å². The van der Waals surface area contributed by atoms with E-state index in [4.69, 9.17) is 18.9 Å². The summed E-state index contributed by atoms with van der Waals surface area (Å²) in [6.07, 6.45) is 35.0. The molecule has 12 atom stereocenters. The second-order valence-corrected chi connectivity index (χ2v) is 21.8. The maximum atomic E-state index is 13.3. The van der Waals surface area contributed by atoms with Crippen molar-refractivity contribution >= 4 is 5.91 Å². The van der Waals surface area contributed by atoms with Gasteiger partial charge in [0.2, 0.25) is 5.91 Å². The standard InChI is InChI=1S/C59H113NO13/c1-3-5-7-9-11-13-15-17-19-21-22-23-24-25-26-27-28-30-32-34-36-38-40-42-48(63)47(60-51(64)43-41-39-37-35-33-31-29-20-18-16-14-12-10-8-6-4-2)46-70-58-56(69)54(67)57(50(45-62)72-58)73-59-55(68)53(66)52(65)49(44-61)71-59/h20,29,47-50,52-59,61-63,65-69H,3-19,21-28,30-46H2,1-2H3,(H,60,64)/b29-20-. The molecule has 0 saturated carbocycles. The number of aliphatic hydroxyl groups excluding tert-OH is 8. The van der Waals surface area contributed by atoms with Crippen molar-refractivity contribution in [2.75, 3.05) is 19.8 Å². The number of ether oxygens (including phenoxy) is 4. The van der Waals surface area contributed by atoms with E-state index in [1.54, 1.807) is 0 Å². The van der Waals surface area contributed by atoms with Crippen molar-refractivity contribution in [3.05, 3.63) is 12.2 Å². The minimum atomic E-state index is -1.78. The van der Waals surface area contributed by atoms with Crippen LogP contribution >= 0.6 is 0 Å². The van der Waals surface area contributed by atoms with Crippen LogP contribution in [0.3, 0.4) is 0 Å². The molecular formula is C59H113NO13. The Bertz CT molecular complexity index is 1280. The van der Waals surface area contributed by atoms with Gasteiger partial charge in [-0.2, -0.15) is 0 Å². The van der Waals surface area contributed by atoms with Crippen LogP contribution in [0.5, 0.6) is 0 Å². The van der Waals surface area contributed by atoms with Gasteiger partial charge in [-0.05, 0) is 38.5 Å². The molecule has 12 unspecified atom stereocenters. The largest absolute Gasteiger partial charge is 0.394 e. The van der Waals surface area contributed by atoms with Crippen LogP contribution in [-0.2, 0) is 23.7 Å². The highest BCUT2D eigenvalue weighted by Gasteiger charge is 2.51. The molecule has 0 aromatic carbocycles. The molecule has 0 aliphatic carbocycles. The highest BCUT2D eigenvalue weighted by Crippen LogP contribution is 2.30. The van der Waals surface area contributed by atoms with Crippen molar-refractivity contribution < 1.29 is 64.6 Å². The quantitative estimate of drug-likeness (QED) is 0.0204. The average Bonchev–Trinajstić information content (AvgIpc) is 3.39. The number of hydrogen-bond acceptors (Lipinski definition) is 13. The van der Waals surface area contributed by atoms with Crippen LogP contribution in [0.1, 0.15) is 264 Å². The van der Waals surface area contributed by atoms with Crippen LogP contribution < -0.4 is 5.32 Å². The van der Waals surface area contributed by atoms with Crippen LogP contribution in [0.2, 0.25) is 0 Å². The molecule has 2 aliphatic rings. The van der Waals surface area contributed by atoms with Gasteiger partial charge in [0.05, 0.1) is 32.0 Å². The number of aliphatic hydroxyl groups is 8. The van der Waals surface area contributed by atoms with Gasteiger partial charge in [-0.15, -0.1) is 0 Å². The number of allylic oxidation sites excluding steroid dienone is 2. The summed E-state index contributed by atoms with van der Waals surface area (Å²) in [4.78, 5) is 13.3. The third kappa shape index (κ3) is 31.7. The topological polar surface area (TPSA) is 228 Å². The van der Waals surface area contributed by atoms with Gasteiger partial charge < -0.3 is 65.1 Å². The minimum Gasteiger partial charge on any atom is -0.394 e. The fourth-order valence-electron chi connectivity index (χ4n) is 10.3. The fraction of sp³-hybridized carbons (Fsp3) is 0.949. The molecular weight excluding hydrogens is 931 g/mol. The first kappa shape index (κ1) is 67.8. The molecule has 9 N–H and O–H groups in total. The SMILES string of the molecule is CCCCCCCCC/C=C\CCCCCCCC(=O)NC(COC1OC(CO)C(OC2OC(CO)C(O)C(O)C2O)C(O)C1O)C(O)CCCCCCCCCCCCCCCCCCCCCCCCC. The van der Waals surface area contributed by atoms with E-state index in [1.165, 1.54) is 167 Å². The lowest BCUT2D eigenvalue weighted by Crippen LogP contribution is -2.65. The van der Waals surface area contributed by atoms with Crippen LogP contribution in [0.15, 0.2) is 12.2 Å². The van der Waals surface area contributed by atoms with E-state index in [-0.39, 0.29) is 12.5 Å². The Morgan fingerprint density at radius 3 is 1.30 bits per heavy atom. The highest BCUT2D eigenvalue weighted by atomic mass is 16.7. The van der Waals surface area contributed by atoms with Gasteiger partial charge >= 0.3 is 0 Å². The number of amides is 1. The summed E-state index contributed by atoms with van der Waals surface area (Å²) in [5, 5.41) is 87.3. The second kappa shape index (κ2) is 45.7. The Labute approximate surface area is 444 Å². The van der Waals surface area contributed by atoms with Crippen molar-refractivity contribution in [1.29, 1.82) is 0 Å². The molecule has 14 heteroatoms. The van der Waals surface area contributed by atoms with E-state index in [2.05, 4.69) is 31.3 Å². The summed E-state index contributed by atoms with van der Waals surface area (Å²) >= 11 is 0. The zero-order valence-electron chi connectivity index (χ0n) is 46.4. The maximum absolute atomic E-state index is 13.3. The molecule has 0 aromatic rings. The first-order valence-corrected chi connectivity index (χ1v) is 30.4. The molecule has 2 saturated heterocycles. The van der Waals surface area contributed by atoms with E-state index < -0.39 is 86.8 Å². The van der Waals surface area contributed by atoms with Crippen LogP contribution in [0, 0.1) is 0 Å². The van der Waals surface area contributed by atoms with Gasteiger partial charge in [-0.25, -0.2) is 0 Å². The average molecular weight is 1040 g/mol. The number of unbranched alkanes of at least 4 members (excludes halogenated alkanes) is 34. The number of carbonyl (C=O) groups excluding carboxylic acids is 1.